The number of benzene rings is 2. The maximum absolute atomic E-state index is 12.4. The van der Waals surface area contributed by atoms with Gasteiger partial charge in [0.15, 0.2) is 0 Å². The highest BCUT2D eigenvalue weighted by molar-refractivity contribution is 6.30. The topological polar surface area (TPSA) is 29.5 Å². The molecule has 4 aliphatic heterocycles. The van der Waals surface area contributed by atoms with Crippen molar-refractivity contribution in [3.8, 4) is 0 Å². The van der Waals surface area contributed by atoms with E-state index >= 15 is 0 Å². The fourth-order valence-corrected chi connectivity index (χ4v) is 5.63. The van der Waals surface area contributed by atoms with E-state index in [9.17, 15) is 4.79 Å². The number of nitrogens with zero attached hydrogens (tertiary/aromatic N) is 1. The molecule has 0 aromatic heterocycles. The molecule has 28 heavy (non-hydrogen) atoms. The normalized spacial score (nSPS) is 31.9. The Kier molecular flexibility index (Phi) is 4.73. The van der Waals surface area contributed by atoms with E-state index in [4.69, 9.17) is 16.3 Å². The zero-order valence-electron chi connectivity index (χ0n) is 15.8. The number of hydrogen-bond acceptors (Lipinski definition) is 3. The van der Waals surface area contributed by atoms with Gasteiger partial charge in [0.2, 0.25) is 0 Å². The van der Waals surface area contributed by atoms with Gasteiger partial charge in [-0.2, -0.15) is 0 Å². The zero-order chi connectivity index (χ0) is 19.1. The average Bonchev–Trinajstić information content (AvgIpc) is 3.03. The quantitative estimate of drug-likeness (QED) is 0.680. The highest BCUT2D eigenvalue weighted by atomic mass is 35.5. The third-order valence-electron chi connectivity index (χ3n) is 6.69. The first-order valence-corrected chi connectivity index (χ1v) is 10.5. The number of hydrogen-bond donors (Lipinski definition) is 0. The van der Waals surface area contributed by atoms with Gasteiger partial charge >= 0.3 is 5.97 Å². The van der Waals surface area contributed by atoms with Crippen molar-refractivity contribution < 1.29 is 9.53 Å². The molecule has 4 aliphatic rings. The Morgan fingerprint density at radius 1 is 1.14 bits per heavy atom. The smallest absolute Gasteiger partial charge is 0.338 e. The van der Waals surface area contributed by atoms with Crippen LogP contribution >= 0.6 is 11.6 Å². The molecule has 4 fully saturated rings. The fraction of sp³-hybridized carbons (Fsp3) is 0.375. The Morgan fingerprint density at radius 2 is 2.00 bits per heavy atom. The van der Waals surface area contributed by atoms with Gasteiger partial charge < -0.3 is 4.74 Å². The Hall–Kier alpha value is -2.10. The molecule has 0 amide bonds. The second kappa shape index (κ2) is 7.38. The van der Waals surface area contributed by atoms with E-state index in [-0.39, 0.29) is 5.97 Å². The summed E-state index contributed by atoms with van der Waals surface area (Å²) in [5, 5.41) is 0.768. The lowest BCUT2D eigenvalue weighted by Crippen LogP contribution is -2.57. The van der Waals surface area contributed by atoms with Gasteiger partial charge in [0.1, 0.15) is 0 Å². The van der Waals surface area contributed by atoms with Crippen LogP contribution in [0.15, 0.2) is 60.2 Å². The number of carbonyl (C=O) groups excluding carboxylic acids is 1. The molecule has 4 saturated heterocycles. The molecule has 0 spiro atoms. The predicted octanol–water partition coefficient (Wildman–Crippen LogP) is 5.06. The first kappa shape index (κ1) is 18.0. The van der Waals surface area contributed by atoms with Crippen molar-refractivity contribution in [2.45, 2.75) is 31.3 Å². The lowest BCUT2D eigenvalue weighted by Gasteiger charge is -2.51. The summed E-state index contributed by atoms with van der Waals surface area (Å²) in [6.07, 6.45) is 5.97. The maximum Gasteiger partial charge on any atom is 0.338 e. The highest BCUT2D eigenvalue weighted by Crippen LogP contribution is 2.50. The van der Waals surface area contributed by atoms with Gasteiger partial charge in [0.05, 0.1) is 12.2 Å². The summed E-state index contributed by atoms with van der Waals surface area (Å²) < 4.78 is 5.77. The molecule has 2 aromatic rings. The highest BCUT2D eigenvalue weighted by Gasteiger charge is 2.52. The van der Waals surface area contributed by atoms with Crippen molar-refractivity contribution in [2.24, 2.45) is 11.8 Å². The molecule has 5 atom stereocenters. The van der Waals surface area contributed by atoms with E-state index < -0.39 is 0 Å². The van der Waals surface area contributed by atoms with Crippen LogP contribution in [-0.4, -0.2) is 36.1 Å². The summed E-state index contributed by atoms with van der Waals surface area (Å²) in [7, 11) is 0. The van der Waals surface area contributed by atoms with Crippen molar-refractivity contribution in [2.75, 3.05) is 13.2 Å². The molecule has 4 bridgehead atoms. The van der Waals surface area contributed by atoms with Gasteiger partial charge in [-0.3, -0.25) is 4.90 Å². The summed E-state index contributed by atoms with van der Waals surface area (Å²) in [6.45, 7) is 1.54. The van der Waals surface area contributed by atoms with Crippen molar-refractivity contribution >= 4 is 23.6 Å². The van der Waals surface area contributed by atoms with Crippen LogP contribution in [0.5, 0.6) is 0 Å². The second-order valence-electron chi connectivity index (χ2n) is 8.22. The number of piperidine rings is 3. The minimum absolute atomic E-state index is 0.216. The summed E-state index contributed by atoms with van der Waals surface area (Å²) in [6, 6.07) is 18.6. The summed E-state index contributed by atoms with van der Waals surface area (Å²) in [5.41, 5.74) is 3.24. The number of esters is 1. The SMILES string of the molecule is O=C(OCC1C2CC3CCC1N3C/C2=C\c1cccc(Cl)c1)c1ccccc1. The van der Waals surface area contributed by atoms with Gasteiger partial charge in [-0.05, 0) is 55.0 Å². The maximum atomic E-state index is 12.4. The van der Waals surface area contributed by atoms with Crippen LogP contribution in [0.4, 0.5) is 0 Å². The lowest BCUT2D eigenvalue weighted by atomic mass is 9.71. The summed E-state index contributed by atoms with van der Waals surface area (Å²) >= 11 is 6.17. The third-order valence-corrected chi connectivity index (χ3v) is 6.92. The molecule has 0 N–H and O–H groups in total. The van der Waals surface area contributed by atoms with Crippen molar-refractivity contribution in [1.29, 1.82) is 0 Å². The van der Waals surface area contributed by atoms with E-state index in [2.05, 4.69) is 17.0 Å². The van der Waals surface area contributed by atoms with E-state index in [0.717, 1.165) is 17.1 Å². The third kappa shape index (κ3) is 3.27. The Labute approximate surface area is 170 Å². The number of carbonyl (C=O) groups is 1. The predicted molar refractivity (Wildman–Crippen MR) is 111 cm³/mol. The number of fused-ring (bicyclic) bond motifs is 1. The minimum atomic E-state index is -0.216. The Morgan fingerprint density at radius 3 is 2.82 bits per heavy atom. The van der Waals surface area contributed by atoms with Crippen LogP contribution in [0.3, 0.4) is 0 Å². The monoisotopic (exact) mass is 393 g/mol. The summed E-state index contributed by atoms with van der Waals surface area (Å²) in [4.78, 5) is 15.1. The first-order chi connectivity index (χ1) is 13.7. The molecule has 3 nitrogen and oxygen atoms in total. The standard InChI is InChI=1S/C24H24ClNO2/c25-19-8-4-5-16(12-19)11-18-14-26-20-9-10-23(26)22(21(18)13-20)15-28-24(27)17-6-2-1-3-7-17/h1-8,11-12,20-23H,9-10,13-15H2/b18-11+. The molecule has 144 valence electrons. The van der Waals surface area contributed by atoms with Crippen LogP contribution < -0.4 is 0 Å². The van der Waals surface area contributed by atoms with Crippen molar-refractivity contribution in [3.05, 3.63) is 76.3 Å². The molecule has 4 heterocycles. The van der Waals surface area contributed by atoms with Crippen LogP contribution in [-0.2, 0) is 4.74 Å². The minimum Gasteiger partial charge on any atom is -0.462 e. The average molecular weight is 394 g/mol. The lowest BCUT2D eigenvalue weighted by molar-refractivity contribution is -0.0150. The molecular weight excluding hydrogens is 370 g/mol. The molecule has 4 heteroatoms. The van der Waals surface area contributed by atoms with Gasteiger partial charge in [-0.25, -0.2) is 4.79 Å². The van der Waals surface area contributed by atoms with Gasteiger partial charge in [0, 0.05) is 29.6 Å². The van der Waals surface area contributed by atoms with E-state index in [0.29, 0.717) is 36.1 Å². The summed E-state index contributed by atoms with van der Waals surface area (Å²) in [5.74, 6) is 0.655. The van der Waals surface area contributed by atoms with Gasteiger partial charge in [-0.15, -0.1) is 0 Å². The molecule has 2 aromatic carbocycles. The van der Waals surface area contributed by atoms with Gasteiger partial charge in [0.25, 0.3) is 0 Å². The first-order valence-electron chi connectivity index (χ1n) is 10.1. The van der Waals surface area contributed by atoms with E-state index in [1.165, 1.54) is 24.8 Å². The molecular formula is C24H24ClNO2. The Bertz CT molecular complexity index is 910. The van der Waals surface area contributed by atoms with E-state index in [1.807, 2.05) is 48.5 Å². The van der Waals surface area contributed by atoms with Crippen LogP contribution in [0.1, 0.15) is 35.2 Å². The van der Waals surface area contributed by atoms with Crippen molar-refractivity contribution in [3.63, 3.8) is 0 Å². The van der Waals surface area contributed by atoms with Crippen LogP contribution in [0, 0.1) is 11.8 Å². The number of halogens is 1. The van der Waals surface area contributed by atoms with E-state index in [1.54, 1.807) is 0 Å². The van der Waals surface area contributed by atoms with Crippen LogP contribution in [0.2, 0.25) is 5.02 Å². The molecule has 0 radical (unpaired) electrons. The van der Waals surface area contributed by atoms with Crippen LogP contribution in [0.25, 0.3) is 6.08 Å². The molecule has 5 unspecified atom stereocenters. The largest absolute Gasteiger partial charge is 0.462 e. The second-order valence-corrected chi connectivity index (χ2v) is 8.65. The Balaban J connectivity index is 1.36. The molecule has 6 rings (SSSR count). The number of ether oxygens (including phenoxy) is 1. The van der Waals surface area contributed by atoms with Crippen molar-refractivity contribution in [1.82, 2.24) is 4.90 Å². The molecule has 0 saturated carbocycles. The van der Waals surface area contributed by atoms with Gasteiger partial charge in [-0.1, -0.05) is 53.6 Å². The molecule has 0 aliphatic carbocycles. The zero-order valence-corrected chi connectivity index (χ0v) is 16.5. The fourth-order valence-electron chi connectivity index (χ4n) is 5.44. The number of rotatable bonds is 4.